The normalized spacial score (nSPS) is 22.0. The van der Waals surface area contributed by atoms with Gasteiger partial charge in [-0.1, -0.05) is 0 Å². The monoisotopic (exact) mass is 201 g/mol. The van der Waals surface area contributed by atoms with Gasteiger partial charge in [-0.3, -0.25) is 0 Å². The Morgan fingerprint density at radius 3 is 2.33 bits per heavy atom. The Kier molecular flexibility index (Phi) is 3.25. The second-order valence-electron chi connectivity index (χ2n) is 2.56. The minimum absolute atomic E-state index is 0.0276. The van der Waals surface area contributed by atoms with Crippen LogP contribution in [0.25, 0.3) is 0 Å². The van der Waals surface area contributed by atoms with Crippen LogP contribution in [0.1, 0.15) is 0 Å². The number of ether oxygens (including phenoxy) is 1. The lowest BCUT2D eigenvalue weighted by Gasteiger charge is -2.29. The average Bonchev–Trinajstić information content (AvgIpc) is 1.82. The van der Waals surface area contributed by atoms with Crippen LogP contribution in [0.3, 0.4) is 0 Å². The molecule has 0 aromatic heterocycles. The minimum Gasteiger partial charge on any atom is -0.379 e. The number of nitrogens with two attached hydrogens (primary N) is 1. The molecule has 0 saturated carbocycles. The zero-order valence-corrected chi connectivity index (χ0v) is 7.12. The lowest BCUT2D eigenvalue weighted by atomic mass is 10.4. The summed E-state index contributed by atoms with van der Waals surface area (Å²) in [4.78, 5) is 0. The summed E-state index contributed by atoms with van der Waals surface area (Å²) in [6, 6.07) is 0. The van der Waals surface area contributed by atoms with E-state index in [0.29, 0.717) is 13.2 Å². The fourth-order valence-corrected chi connectivity index (χ4v) is 1.87. The fourth-order valence-electron chi connectivity index (χ4n) is 0.791. The van der Waals surface area contributed by atoms with Gasteiger partial charge in [0.1, 0.15) is 5.25 Å². The number of hydrogen-bond donors (Lipinski definition) is 1. The Morgan fingerprint density at radius 2 is 2.08 bits per heavy atom. The molecular weight excluding hydrogens is 191 g/mol. The molecule has 2 N–H and O–H groups in total. The van der Waals surface area contributed by atoms with E-state index in [1.165, 1.54) is 0 Å². The fraction of sp³-hybridized carbons (Fsp3) is 1.00. The summed E-state index contributed by atoms with van der Waals surface area (Å²) < 4.78 is 41.1. The molecule has 1 aliphatic heterocycles. The van der Waals surface area contributed by atoms with Crippen molar-refractivity contribution in [1.29, 1.82) is 0 Å². The Balaban J connectivity index is 2.34. The second-order valence-corrected chi connectivity index (χ2v) is 4.07. The Bertz CT molecular complexity index is 148. The van der Waals surface area contributed by atoms with E-state index in [9.17, 15) is 13.2 Å². The summed E-state index contributed by atoms with van der Waals surface area (Å²) in [5, 5.41) is -1.47. The molecule has 0 amide bonds. The highest BCUT2D eigenvalue weighted by Gasteiger charge is 2.41. The van der Waals surface area contributed by atoms with Gasteiger partial charge in [0, 0.05) is 6.54 Å². The lowest BCUT2D eigenvalue weighted by molar-refractivity contribution is -0.127. The van der Waals surface area contributed by atoms with Gasteiger partial charge in [0.25, 0.3) is 0 Å². The maximum atomic E-state index is 12.1. The zero-order valence-electron chi connectivity index (χ0n) is 6.30. The molecule has 0 aromatic rings. The Hall–Kier alpha value is 0.0600. The van der Waals surface area contributed by atoms with Crippen molar-refractivity contribution in [2.75, 3.05) is 19.8 Å². The van der Waals surface area contributed by atoms with E-state index >= 15 is 0 Å². The van der Waals surface area contributed by atoms with Crippen LogP contribution >= 0.6 is 11.8 Å². The molecule has 12 heavy (non-hydrogen) atoms. The number of thioether (sulfide) groups is 1. The topological polar surface area (TPSA) is 35.2 Å². The average molecular weight is 201 g/mol. The zero-order chi connectivity index (χ0) is 9.19. The van der Waals surface area contributed by atoms with Crippen molar-refractivity contribution in [2.45, 2.75) is 16.7 Å². The molecular formula is C6H10F3NOS. The van der Waals surface area contributed by atoms with Crippen LogP contribution in [0.4, 0.5) is 13.2 Å². The van der Waals surface area contributed by atoms with Crippen molar-refractivity contribution in [3.8, 4) is 0 Å². The highest BCUT2D eigenvalue weighted by atomic mass is 32.2. The van der Waals surface area contributed by atoms with Crippen molar-refractivity contribution in [2.24, 2.45) is 5.73 Å². The molecule has 1 unspecified atom stereocenters. The van der Waals surface area contributed by atoms with Gasteiger partial charge < -0.3 is 10.5 Å². The summed E-state index contributed by atoms with van der Waals surface area (Å²) in [7, 11) is 0. The van der Waals surface area contributed by atoms with Gasteiger partial charge >= 0.3 is 6.18 Å². The van der Waals surface area contributed by atoms with Crippen LogP contribution in [0.2, 0.25) is 0 Å². The van der Waals surface area contributed by atoms with Gasteiger partial charge in [-0.25, -0.2) is 0 Å². The van der Waals surface area contributed by atoms with Gasteiger partial charge in [0.2, 0.25) is 0 Å². The van der Waals surface area contributed by atoms with Crippen LogP contribution < -0.4 is 5.73 Å². The van der Waals surface area contributed by atoms with Gasteiger partial charge in [-0.05, 0) is 0 Å². The van der Waals surface area contributed by atoms with Crippen molar-refractivity contribution < 1.29 is 17.9 Å². The quantitative estimate of drug-likeness (QED) is 0.740. The standard InChI is InChI=1S/C6H10F3NOS/c7-6(8,9)5(1-10)12-4-2-11-3-4/h4-5H,1-3,10H2. The molecule has 0 radical (unpaired) electrons. The van der Waals surface area contributed by atoms with E-state index in [-0.39, 0.29) is 11.8 Å². The van der Waals surface area contributed by atoms with Crippen molar-refractivity contribution >= 4 is 11.8 Å². The van der Waals surface area contributed by atoms with Gasteiger partial charge in [-0.2, -0.15) is 13.2 Å². The van der Waals surface area contributed by atoms with Crippen LogP contribution in [0.5, 0.6) is 0 Å². The largest absolute Gasteiger partial charge is 0.401 e. The van der Waals surface area contributed by atoms with Crippen LogP contribution in [-0.2, 0) is 4.74 Å². The predicted molar refractivity (Wildman–Crippen MR) is 41.1 cm³/mol. The maximum Gasteiger partial charge on any atom is 0.401 e. The molecule has 1 fully saturated rings. The van der Waals surface area contributed by atoms with E-state index in [0.717, 1.165) is 11.8 Å². The summed E-state index contributed by atoms with van der Waals surface area (Å²) in [6.07, 6.45) is -4.19. The van der Waals surface area contributed by atoms with Crippen molar-refractivity contribution in [3.63, 3.8) is 0 Å². The van der Waals surface area contributed by atoms with Crippen molar-refractivity contribution in [3.05, 3.63) is 0 Å². The summed E-state index contributed by atoms with van der Waals surface area (Å²) in [6.45, 7) is 0.471. The first-order valence-corrected chi connectivity index (χ1v) is 4.48. The molecule has 0 bridgehead atoms. The van der Waals surface area contributed by atoms with E-state index in [4.69, 9.17) is 10.5 Å². The third-order valence-corrected chi connectivity index (χ3v) is 2.99. The molecule has 2 nitrogen and oxygen atoms in total. The van der Waals surface area contributed by atoms with E-state index in [2.05, 4.69) is 0 Å². The Morgan fingerprint density at radius 1 is 1.50 bits per heavy atom. The highest BCUT2D eigenvalue weighted by molar-refractivity contribution is 8.00. The smallest absolute Gasteiger partial charge is 0.379 e. The first-order chi connectivity index (χ1) is 5.54. The molecule has 1 heterocycles. The molecule has 72 valence electrons. The van der Waals surface area contributed by atoms with E-state index in [1.54, 1.807) is 0 Å². The molecule has 0 aliphatic carbocycles. The number of halogens is 3. The third-order valence-electron chi connectivity index (χ3n) is 1.54. The SMILES string of the molecule is NCC(SC1COC1)C(F)(F)F. The molecule has 1 saturated heterocycles. The van der Waals surface area contributed by atoms with Crippen LogP contribution in [0.15, 0.2) is 0 Å². The molecule has 0 aromatic carbocycles. The number of alkyl halides is 3. The van der Waals surface area contributed by atoms with Crippen molar-refractivity contribution in [1.82, 2.24) is 0 Å². The summed E-state index contributed by atoms with van der Waals surface area (Å²) in [5.41, 5.74) is 5.00. The molecule has 1 aliphatic rings. The van der Waals surface area contributed by atoms with Gasteiger partial charge in [-0.15, -0.1) is 11.8 Å². The van der Waals surface area contributed by atoms with E-state index in [1.807, 2.05) is 0 Å². The lowest BCUT2D eigenvalue weighted by Crippen LogP contribution is -2.40. The van der Waals surface area contributed by atoms with Crippen LogP contribution in [-0.4, -0.2) is 36.4 Å². The Labute approximate surface area is 72.6 Å². The first kappa shape index (κ1) is 10.1. The van der Waals surface area contributed by atoms with Gasteiger partial charge in [0.05, 0.1) is 18.5 Å². The third kappa shape index (κ3) is 2.53. The second kappa shape index (κ2) is 3.85. The highest BCUT2D eigenvalue weighted by Crippen LogP contribution is 2.34. The first-order valence-electron chi connectivity index (χ1n) is 3.54. The molecule has 1 atom stereocenters. The van der Waals surface area contributed by atoms with Gasteiger partial charge in [0.15, 0.2) is 0 Å². The maximum absolute atomic E-state index is 12.1. The molecule has 6 heteroatoms. The molecule has 1 rings (SSSR count). The van der Waals surface area contributed by atoms with Crippen LogP contribution in [0, 0.1) is 0 Å². The molecule has 0 spiro atoms. The number of rotatable bonds is 3. The number of hydrogen-bond acceptors (Lipinski definition) is 3. The summed E-state index contributed by atoms with van der Waals surface area (Å²) in [5.74, 6) is 0. The minimum atomic E-state index is -4.19. The summed E-state index contributed by atoms with van der Waals surface area (Å²) >= 11 is 0.863. The predicted octanol–water partition coefficient (Wildman–Crippen LogP) is 1.01. The van der Waals surface area contributed by atoms with E-state index < -0.39 is 11.4 Å².